The molecule has 1 aromatic carbocycles. The average Bonchev–Trinajstić information content (AvgIpc) is 3.32. The minimum Gasteiger partial charge on any atom is -0.467 e. The van der Waals surface area contributed by atoms with Gasteiger partial charge in [0.1, 0.15) is 12.4 Å². The fourth-order valence-corrected chi connectivity index (χ4v) is 2.99. The first-order chi connectivity index (χ1) is 13.3. The summed E-state index contributed by atoms with van der Waals surface area (Å²) >= 11 is 0. The second-order valence-electron chi connectivity index (χ2n) is 6.52. The molecule has 3 rings (SSSR count). The van der Waals surface area contributed by atoms with Gasteiger partial charge in [-0.2, -0.15) is 0 Å². The van der Waals surface area contributed by atoms with E-state index in [9.17, 15) is 0 Å². The van der Waals surface area contributed by atoms with Crippen LogP contribution in [0.5, 0.6) is 0 Å². The molecule has 2 heterocycles. The third-order valence-corrected chi connectivity index (χ3v) is 4.42. The fourth-order valence-electron chi connectivity index (χ4n) is 2.99. The van der Waals surface area contributed by atoms with Gasteiger partial charge in [0.25, 0.3) is 0 Å². The molecule has 27 heavy (non-hydrogen) atoms. The Bertz CT molecular complexity index is 852. The highest BCUT2D eigenvalue weighted by molar-refractivity contribution is 5.84. The highest BCUT2D eigenvalue weighted by Gasteiger charge is 2.04. The van der Waals surface area contributed by atoms with Crippen molar-refractivity contribution in [2.75, 3.05) is 26.7 Å². The summed E-state index contributed by atoms with van der Waals surface area (Å²) in [7, 11) is 1.79. The van der Waals surface area contributed by atoms with E-state index in [0.717, 1.165) is 37.7 Å². The first kappa shape index (κ1) is 19.0. The van der Waals surface area contributed by atoms with E-state index in [1.807, 2.05) is 12.1 Å². The van der Waals surface area contributed by atoms with Gasteiger partial charge in [-0.1, -0.05) is 12.1 Å². The summed E-state index contributed by atoms with van der Waals surface area (Å²) in [6, 6.07) is 10.3. The van der Waals surface area contributed by atoms with Crippen LogP contribution in [0.1, 0.15) is 23.3 Å². The molecule has 0 saturated carbocycles. The standard InChI is InChI=1S/C21H28N4O2/c1-16-6-7-19-17(14-25-20(19)13-16)8-10-24-21(22-2)23-9-4-11-26-15-18-5-3-12-27-18/h3,5-7,12-14,25H,4,8-11,15H2,1-2H3,(H2,22,23,24). The lowest BCUT2D eigenvalue weighted by Crippen LogP contribution is -2.39. The van der Waals surface area contributed by atoms with Gasteiger partial charge in [-0.15, -0.1) is 0 Å². The molecule has 144 valence electrons. The number of nitrogens with one attached hydrogen (secondary N) is 3. The summed E-state index contributed by atoms with van der Waals surface area (Å²) in [6.45, 7) is 4.95. The number of H-pyrrole nitrogens is 1. The van der Waals surface area contributed by atoms with Crippen molar-refractivity contribution in [3.8, 4) is 0 Å². The molecule has 0 atom stereocenters. The van der Waals surface area contributed by atoms with Crippen LogP contribution >= 0.6 is 0 Å². The molecule has 6 heteroatoms. The van der Waals surface area contributed by atoms with E-state index >= 15 is 0 Å². The zero-order valence-electron chi connectivity index (χ0n) is 16.0. The number of hydrogen-bond donors (Lipinski definition) is 3. The fraction of sp³-hybridized carbons (Fsp3) is 0.381. The molecule has 0 aliphatic rings. The van der Waals surface area contributed by atoms with Gasteiger partial charge in [0.2, 0.25) is 0 Å². The Balaban J connectivity index is 1.33. The van der Waals surface area contributed by atoms with Crippen LogP contribution in [-0.4, -0.2) is 37.7 Å². The minimum atomic E-state index is 0.518. The minimum absolute atomic E-state index is 0.518. The molecule has 6 nitrogen and oxygen atoms in total. The number of rotatable bonds is 9. The monoisotopic (exact) mass is 368 g/mol. The highest BCUT2D eigenvalue weighted by Crippen LogP contribution is 2.19. The number of ether oxygens (including phenoxy) is 1. The number of aryl methyl sites for hydroxylation is 1. The van der Waals surface area contributed by atoms with Crippen LogP contribution in [0.4, 0.5) is 0 Å². The maximum Gasteiger partial charge on any atom is 0.190 e. The van der Waals surface area contributed by atoms with Crippen LogP contribution < -0.4 is 10.6 Å². The number of hydrogen-bond acceptors (Lipinski definition) is 3. The Morgan fingerprint density at radius 1 is 1.22 bits per heavy atom. The lowest BCUT2D eigenvalue weighted by molar-refractivity contribution is 0.105. The summed E-state index contributed by atoms with van der Waals surface area (Å²) in [6.07, 6.45) is 5.60. The van der Waals surface area contributed by atoms with Crippen LogP contribution in [0.25, 0.3) is 10.9 Å². The number of guanidine groups is 1. The smallest absolute Gasteiger partial charge is 0.190 e. The maximum absolute atomic E-state index is 5.58. The molecule has 0 aliphatic heterocycles. The van der Waals surface area contributed by atoms with Crippen molar-refractivity contribution >= 4 is 16.9 Å². The Hall–Kier alpha value is -2.73. The zero-order chi connectivity index (χ0) is 18.9. The van der Waals surface area contributed by atoms with E-state index < -0.39 is 0 Å². The van der Waals surface area contributed by atoms with Crippen molar-refractivity contribution in [3.63, 3.8) is 0 Å². The number of nitrogens with zero attached hydrogens (tertiary/aromatic N) is 1. The molecule has 0 saturated heterocycles. The van der Waals surface area contributed by atoms with E-state index in [1.54, 1.807) is 13.3 Å². The van der Waals surface area contributed by atoms with E-state index in [4.69, 9.17) is 9.15 Å². The molecular formula is C21H28N4O2. The van der Waals surface area contributed by atoms with Crippen LogP contribution in [0, 0.1) is 6.92 Å². The van der Waals surface area contributed by atoms with Gasteiger partial charge in [0, 0.05) is 43.8 Å². The largest absolute Gasteiger partial charge is 0.467 e. The molecule has 0 aliphatic carbocycles. The molecule has 3 aromatic rings. The van der Waals surface area contributed by atoms with Gasteiger partial charge in [-0.25, -0.2) is 0 Å². The van der Waals surface area contributed by atoms with Crippen molar-refractivity contribution < 1.29 is 9.15 Å². The molecule has 0 fully saturated rings. The molecular weight excluding hydrogens is 340 g/mol. The summed E-state index contributed by atoms with van der Waals surface area (Å²) in [4.78, 5) is 7.62. The average molecular weight is 368 g/mol. The number of aliphatic imine (C=N–C) groups is 1. The lowest BCUT2D eigenvalue weighted by Gasteiger charge is -2.11. The lowest BCUT2D eigenvalue weighted by atomic mass is 10.1. The maximum atomic E-state index is 5.58. The predicted molar refractivity (Wildman–Crippen MR) is 109 cm³/mol. The van der Waals surface area contributed by atoms with Crippen molar-refractivity contribution in [2.24, 2.45) is 4.99 Å². The SMILES string of the molecule is CN=C(NCCCOCc1ccco1)NCCc1c[nH]c2cc(C)ccc12. The third-order valence-electron chi connectivity index (χ3n) is 4.42. The second kappa shape index (κ2) is 9.83. The van der Waals surface area contributed by atoms with E-state index in [0.29, 0.717) is 13.2 Å². The van der Waals surface area contributed by atoms with Crippen LogP contribution in [0.15, 0.2) is 52.2 Å². The summed E-state index contributed by atoms with van der Waals surface area (Å²) in [5.74, 6) is 1.67. The molecule has 0 spiro atoms. The van der Waals surface area contributed by atoms with Crippen LogP contribution in [0.3, 0.4) is 0 Å². The molecule has 0 unspecified atom stereocenters. The Morgan fingerprint density at radius 3 is 2.93 bits per heavy atom. The molecule has 0 radical (unpaired) electrons. The molecule has 0 bridgehead atoms. The number of furan rings is 1. The van der Waals surface area contributed by atoms with Gasteiger partial charge in [-0.3, -0.25) is 4.99 Å². The predicted octanol–water partition coefficient (Wildman–Crippen LogP) is 3.38. The van der Waals surface area contributed by atoms with Gasteiger partial charge >= 0.3 is 0 Å². The number of benzene rings is 1. The number of aromatic amines is 1. The first-order valence-electron chi connectivity index (χ1n) is 9.37. The van der Waals surface area contributed by atoms with Gasteiger partial charge < -0.3 is 24.8 Å². The third kappa shape index (κ3) is 5.62. The van der Waals surface area contributed by atoms with Gasteiger partial charge in [0.05, 0.1) is 6.26 Å². The van der Waals surface area contributed by atoms with Crippen LogP contribution in [0.2, 0.25) is 0 Å². The van der Waals surface area contributed by atoms with Crippen LogP contribution in [-0.2, 0) is 17.8 Å². The molecule has 0 amide bonds. The van der Waals surface area contributed by atoms with E-state index in [-0.39, 0.29) is 0 Å². The van der Waals surface area contributed by atoms with E-state index in [2.05, 4.69) is 51.9 Å². The Labute approximate surface area is 160 Å². The second-order valence-corrected chi connectivity index (χ2v) is 6.52. The zero-order valence-corrected chi connectivity index (χ0v) is 16.0. The number of fused-ring (bicyclic) bond motifs is 1. The highest BCUT2D eigenvalue weighted by atomic mass is 16.5. The Kier molecular flexibility index (Phi) is 6.93. The van der Waals surface area contributed by atoms with Crippen molar-refractivity contribution in [2.45, 2.75) is 26.4 Å². The Morgan fingerprint density at radius 2 is 2.11 bits per heavy atom. The topological polar surface area (TPSA) is 74.6 Å². The first-order valence-corrected chi connectivity index (χ1v) is 9.37. The normalized spacial score (nSPS) is 11.9. The summed E-state index contributed by atoms with van der Waals surface area (Å²) in [5.41, 5.74) is 3.79. The summed E-state index contributed by atoms with van der Waals surface area (Å²) < 4.78 is 10.8. The number of aromatic nitrogens is 1. The van der Waals surface area contributed by atoms with Gasteiger partial charge in [-0.05, 0) is 49.1 Å². The molecule has 3 N–H and O–H groups in total. The molecule has 2 aromatic heterocycles. The van der Waals surface area contributed by atoms with Gasteiger partial charge in [0.15, 0.2) is 5.96 Å². The van der Waals surface area contributed by atoms with Crippen molar-refractivity contribution in [1.82, 2.24) is 15.6 Å². The van der Waals surface area contributed by atoms with Crippen molar-refractivity contribution in [1.29, 1.82) is 0 Å². The van der Waals surface area contributed by atoms with Crippen molar-refractivity contribution in [3.05, 3.63) is 59.7 Å². The van der Waals surface area contributed by atoms with E-state index in [1.165, 1.54) is 22.0 Å². The quantitative estimate of drug-likeness (QED) is 0.307. The summed E-state index contributed by atoms with van der Waals surface area (Å²) in [5, 5.41) is 7.97.